The van der Waals surface area contributed by atoms with Crippen LogP contribution >= 0.6 is 15.9 Å². The van der Waals surface area contributed by atoms with Crippen LogP contribution in [-0.2, 0) is 5.41 Å². The first-order chi connectivity index (χ1) is 9.77. The van der Waals surface area contributed by atoms with Crippen LogP contribution in [-0.4, -0.2) is 19.8 Å². The van der Waals surface area contributed by atoms with Gasteiger partial charge in [0.25, 0.3) is 0 Å². The number of rotatable bonds is 2. The quantitative estimate of drug-likeness (QED) is 0.891. The molecule has 3 nitrogen and oxygen atoms in total. The zero-order valence-corrected chi connectivity index (χ0v) is 13.4. The van der Waals surface area contributed by atoms with E-state index < -0.39 is 0 Å². The lowest BCUT2D eigenvalue weighted by Crippen LogP contribution is -2.37. The van der Waals surface area contributed by atoms with Crippen LogP contribution in [0.5, 0.6) is 11.5 Å². The zero-order valence-electron chi connectivity index (χ0n) is 11.8. The summed E-state index contributed by atoms with van der Waals surface area (Å²) in [6.45, 7) is 2.12. The molecule has 4 heteroatoms. The molecule has 0 unspecified atom stereocenters. The van der Waals surface area contributed by atoms with Gasteiger partial charge in [-0.3, -0.25) is 0 Å². The first-order valence-corrected chi connectivity index (χ1v) is 8.35. The molecule has 2 N–H and O–H groups in total. The van der Waals surface area contributed by atoms with Crippen LogP contribution in [0.15, 0.2) is 16.6 Å². The second-order valence-electron chi connectivity index (χ2n) is 5.85. The van der Waals surface area contributed by atoms with E-state index in [1.807, 2.05) is 0 Å². The molecule has 1 aromatic rings. The Hall–Kier alpha value is -0.740. The third kappa shape index (κ3) is 2.44. The Morgan fingerprint density at radius 1 is 1.00 bits per heavy atom. The molecule has 1 fully saturated rings. The molecule has 0 atom stereocenters. The normalized spacial score (nSPS) is 21.3. The maximum absolute atomic E-state index is 6.17. The fourth-order valence-corrected chi connectivity index (χ4v) is 3.88. The molecule has 0 bridgehead atoms. The number of fused-ring (bicyclic) bond motifs is 1. The highest BCUT2D eigenvalue weighted by atomic mass is 79.9. The first-order valence-electron chi connectivity index (χ1n) is 7.55. The van der Waals surface area contributed by atoms with Crippen molar-refractivity contribution in [1.29, 1.82) is 0 Å². The van der Waals surface area contributed by atoms with E-state index in [0.29, 0.717) is 13.2 Å². The number of hydrogen-bond donors (Lipinski definition) is 1. The number of nitrogens with two attached hydrogens (primary N) is 1. The van der Waals surface area contributed by atoms with E-state index in [9.17, 15) is 0 Å². The van der Waals surface area contributed by atoms with E-state index in [0.717, 1.165) is 41.8 Å². The average Bonchev–Trinajstić information content (AvgIpc) is 2.75. The van der Waals surface area contributed by atoms with Crippen LogP contribution in [0.25, 0.3) is 0 Å². The maximum atomic E-state index is 6.17. The summed E-state index contributed by atoms with van der Waals surface area (Å²) in [4.78, 5) is 0. The van der Waals surface area contributed by atoms with Gasteiger partial charge in [-0.05, 0) is 34.8 Å². The SMILES string of the molecule is NCC1(c2ccc(Br)c3c2OCCCO3)CCCCC1. The predicted octanol–water partition coefficient (Wildman–Crippen LogP) is 3.77. The fraction of sp³-hybridized carbons (Fsp3) is 0.625. The highest BCUT2D eigenvalue weighted by Crippen LogP contribution is 2.48. The zero-order chi connectivity index (χ0) is 14.0. The molecule has 0 amide bonds. The molecule has 0 spiro atoms. The average molecular weight is 340 g/mol. The lowest BCUT2D eigenvalue weighted by Gasteiger charge is -2.38. The van der Waals surface area contributed by atoms with E-state index >= 15 is 0 Å². The summed E-state index contributed by atoms with van der Waals surface area (Å²) in [6.07, 6.45) is 7.06. The van der Waals surface area contributed by atoms with Crippen LogP contribution < -0.4 is 15.2 Å². The summed E-state index contributed by atoms with van der Waals surface area (Å²) < 4.78 is 12.9. The minimum absolute atomic E-state index is 0.0662. The second-order valence-corrected chi connectivity index (χ2v) is 6.70. The molecule has 20 heavy (non-hydrogen) atoms. The highest BCUT2D eigenvalue weighted by molar-refractivity contribution is 9.10. The molecule has 1 heterocycles. The van der Waals surface area contributed by atoms with Crippen LogP contribution in [0.2, 0.25) is 0 Å². The minimum atomic E-state index is 0.0662. The Morgan fingerprint density at radius 2 is 1.70 bits per heavy atom. The molecule has 3 rings (SSSR count). The Kier molecular flexibility index (Phi) is 4.22. The van der Waals surface area contributed by atoms with Gasteiger partial charge in [0.1, 0.15) is 0 Å². The van der Waals surface area contributed by atoms with E-state index in [4.69, 9.17) is 15.2 Å². The lowest BCUT2D eigenvalue weighted by atomic mass is 9.69. The monoisotopic (exact) mass is 339 g/mol. The third-order valence-electron chi connectivity index (χ3n) is 4.62. The summed E-state index contributed by atoms with van der Waals surface area (Å²) in [6, 6.07) is 4.25. The molecule has 1 aliphatic carbocycles. The van der Waals surface area contributed by atoms with E-state index in [-0.39, 0.29) is 5.41 Å². The maximum Gasteiger partial charge on any atom is 0.175 e. The van der Waals surface area contributed by atoms with Gasteiger partial charge < -0.3 is 15.2 Å². The molecular weight excluding hydrogens is 318 g/mol. The molecule has 1 saturated carbocycles. The molecule has 0 aromatic heterocycles. The minimum Gasteiger partial charge on any atom is -0.489 e. The van der Waals surface area contributed by atoms with Crippen molar-refractivity contribution in [3.63, 3.8) is 0 Å². The number of benzene rings is 1. The highest BCUT2D eigenvalue weighted by Gasteiger charge is 2.37. The van der Waals surface area contributed by atoms with Crippen LogP contribution in [0, 0.1) is 0 Å². The van der Waals surface area contributed by atoms with Crippen molar-refractivity contribution in [2.75, 3.05) is 19.8 Å². The largest absolute Gasteiger partial charge is 0.489 e. The van der Waals surface area contributed by atoms with Gasteiger partial charge >= 0.3 is 0 Å². The van der Waals surface area contributed by atoms with Crippen molar-refractivity contribution < 1.29 is 9.47 Å². The summed E-state index contributed by atoms with van der Waals surface area (Å²) in [5.74, 6) is 1.78. The van der Waals surface area contributed by atoms with Gasteiger partial charge in [0, 0.05) is 23.9 Å². The van der Waals surface area contributed by atoms with E-state index in [1.54, 1.807) is 0 Å². The number of halogens is 1. The van der Waals surface area contributed by atoms with Gasteiger partial charge in [-0.2, -0.15) is 0 Å². The molecule has 2 aliphatic rings. The van der Waals surface area contributed by atoms with Gasteiger partial charge in [0.15, 0.2) is 11.5 Å². The molecule has 1 aromatic carbocycles. The van der Waals surface area contributed by atoms with Crippen molar-refractivity contribution in [3.05, 3.63) is 22.2 Å². The Balaban J connectivity index is 2.08. The number of hydrogen-bond acceptors (Lipinski definition) is 3. The summed E-state index contributed by atoms with van der Waals surface area (Å²) in [7, 11) is 0. The number of ether oxygens (including phenoxy) is 2. The Bertz CT molecular complexity index is 484. The van der Waals surface area contributed by atoms with Crippen LogP contribution in [0.1, 0.15) is 44.1 Å². The lowest BCUT2D eigenvalue weighted by molar-refractivity contribution is 0.271. The molecule has 0 radical (unpaired) electrons. The third-order valence-corrected chi connectivity index (χ3v) is 5.24. The standard InChI is InChI=1S/C16H22BrNO2/c17-13-6-5-12(14-15(13)20-10-4-9-19-14)16(11-18)7-2-1-3-8-16/h5-6H,1-4,7-11,18H2. The first kappa shape index (κ1) is 14.2. The Morgan fingerprint density at radius 3 is 2.40 bits per heavy atom. The van der Waals surface area contributed by atoms with Gasteiger partial charge in [-0.1, -0.05) is 25.3 Å². The summed E-state index contributed by atoms with van der Waals surface area (Å²) >= 11 is 3.58. The topological polar surface area (TPSA) is 44.5 Å². The predicted molar refractivity (Wildman–Crippen MR) is 83.6 cm³/mol. The van der Waals surface area contributed by atoms with Gasteiger partial charge in [-0.25, -0.2) is 0 Å². The Labute approximate surface area is 129 Å². The van der Waals surface area contributed by atoms with E-state index in [1.165, 1.54) is 24.8 Å². The van der Waals surface area contributed by atoms with Gasteiger partial charge in [0.05, 0.1) is 17.7 Å². The second kappa shape index (κ2) is 5.94. The molecule has 0 saturated heterocycles. The van der Waals surface area contributed by atoms with Crippen LogP contribution in [0.3, 0.4) is 0 Å². The van der Waals surface area contributed by atoms with E-state index in [2.05, 4.69) is 28.1 Å². The van der Waals surface area contributed by atoms with Crippen molar-refractivity contribution >= 4 is 15.9 Å². The van der Waals surface area contributed by atoms with Crippen molar-refractivity contribution in [2.45, 2.75) is 43.9 Å². The van der Waals surface area contributed by atoms with Gasteiger partial charge in [-0.15, -0.1) is 0 Å². The van der Waals surface area contributed by atoms with Crippen LogP contribution in [0.4, 0.5) is 0 Å². The fourth-order valence-electron chi connectivity index (χ4n) is 3.45. The van der Waals surface area contributed by atoms with Crippen molar-refractivity contribution in [3.8, 4) is 11.5 Å². The molecular formula is C16H22BrNO2. The van der Waals surface area contributed by atoms with Gasteiger partial charge in [0.2, 0.25) is 0 Å². The smallest absolute Gasteiger partial charge is 0.175 e. The molecule has 110 valence electrons. The van der Waals surface area contributed by atoms with Crippen molar-refractivity contribution in [1.82, 2.24) is 0 Å². The summed E-state index contributed by atoms with van der Waals surface area (Å²) in [5, 5.41) is 0. The van der Waals surface area contributed by atoms with Crippen molar-refractivity contribution in [2.24, 2.45) is 5.73 Å². The summed E-state index contributed by atoms with van der Waals surface area (Å²) in [5.41, 5.74) is 7.49. The molecule has 1 aliphatic heterocycles.